The Balaban J connectivity index is 2.88. The van der Waals surface area contributed by atoms with Crippen molar-refractivity contribution in [3.63, 3.8) is 0 Å². The minimum Gasteiger partial charge on any atom is -0.345 e. The number of aromatic nitrogens is 1. The molecule has 0 bridgehead atoms. The van der Waals surface area contributed by atoms with Crippen molar-refractivity contribution in [1.82, 2.24) is 4.57 Å². The molecule has 0 aliphatic rings. The number of carbonyl (C=O) groups is 1. The van der Waals surface area contributed by atoms with E-state index in [1.807, 2.05) is 19.2 Å². The zero-order valence-corrected chi connectivity index (χ0v) is 12.0. The lowest BCUT2D eigenvalue weighted by Gasteiger charge is -2.10. The van der Waals surface area contributed by atoms with Crippen LogP contribution in [0.4, 0.5) is 0 Å². The van der Waals surface area contributed by atoms with Crippen LogP contribution in [0.15, 0.2) is 28.0 Å². The summed E-state index contributed by atoms with van der Waals surface area (Å²) in [6.45, 7) is 6.06. The molecule has 94 valence electrons. The van der Waals surface area contributed by atoms with Crippen LogP contribution in [-0.4, -0.2) is 10.5 Å². The average Bonchev–Trinajstić information content (AvgIpc) is 2.64. The summed E-state index contributed by atoms with van der Waals surface area (Å²) in [5, 5.41) is 3.33. The van der Waals surface area contributed by atoms with E-state index in [1.165, 1.54) is 0 Å². The van der Waals surface area contributed by atoms with Crippen LogP contribution in [0, 0.1) is 11.8 Å². The van der Waals surface area contributed by atoms with Crippen LogP contribution < -0.4 is 0 Å². The van der Waals surface area contributed by atoms with Crippen LogP contribution in [0.1, 0.15) is 35.8 Å². The molecule has 0 N–H and O–H groups in total. The maximum Gasteiger partial charge on any atom is 0.317 e. The predicted molar refractivity (Wildman–Crippen MR) is 74.9 cm³/mol. The number of nitrogens with zero attached hydrogens (tertiary/aromatic N) is 2. The van der Waals surface area contributed by atoms with E-state index < -0.39 is 5.91 Å². The molecule has 1 amide bonds. The monoisotopic (exact) mass is 308 g/mol. The van der Waals surface area contributed by atoms with E-state index in [1.54, 1.807) is 6.07 Å². The molecule has 0 saturated heterocycles. The number of fused-ring (bicyclic) bond motifs is 1. The van der Waals surface area contributed by atoms with E-state index in [0.717, 1.165) is 20.9 Å². The quantitative estimate of drug-likeness (QED) is 0.781. The molecule has 5 heteroatoms. The highest BCUT2D eigenvalue weighted by Gasteiger charge is 2.17. The highest BCUT2D eigenvalue weighted by Crippen LogP contribution is 2.31. The second-order valence-electron chi connectivity index (χ2n) is 4.56. The molecule has 4 nitrogen and oxygen atoms in total. The van der Waals surface area contributed by atoms with Gasteiger partial charge in [-0.15, -0.1) is 4.91 Å². The van der Waals surface area contributed by atoms with Gasteiger partial charge in [-0.25, -0.2) is 0 Å². The Labute approximate surface area is 113 Å². The first-order chi connectivity index (χ1) is 8.45. The molecule has 1 aromatic heterocycles. The van der Waals surface area contributed by atoms with Gasteiger partial charge in [0.05, 0.1) is 11.1 Å². The number of hydrogen-bond acceptors (Lipinski definition) is 2. The van der Waals surface area contributed by atoms with Crippen molar-refractivity contribution in [3.8, 4) is 0 Å². The van der Waals surface area contributed by atoms with Crippen molar-refractivity contribution in [2.24, 2.45) is 5.18 Å². The van der Waals surface area contributed by atoms with Gasteiger partial charge in [0.25, 0.3) is 0 Å². The van der Waals surface area contributed by atoms with Crippen LogP contribution >= 0.6 is 15.9 Å². The summed E-state index contributed by atoms with van der Waals surface area (Å²) in [4.78, 5) is 22.1. The van der Waals surface area contributed by atoms with Gasteiger partial charge in [0, 0.05) is 27.3 Å². The highest BCUT2D eigenvalue weighted by molar-refractivity contribution is 9.10. The normalized spacial score (nSPS) is 11.2. The van der Waals surface area contributed by atoms with Crippen molar-refractivity contribution in [3.05, 3.63) is 38.8 Å². The molecular weight excluding hydrogens is 296 g/mol. The molecule has 0 saturated carbocycles. The summed E-state index contributed by atoms with van der Waals surface area (Å²) in [5.74, 6) is -0.731. The fraction of sp³-hybridized carbons (Fsp3) is 0.308. The Hall–Kier alpha value is -1.49. The maximum atomic E-state index is 11.6. The molecule has 0 radical (unpaired) electrons. The Morgan fingerprint density at radius 1 is 1.39 bits per heavy atom. The Bertz CT molecular complexity index is 644. The maximum absolute atomic E-state index is 11.6. The van der Waals surface area contributed by atoms with Gasteiger partial charge in [-0.05, 0) is 38.5 Å². The topological polar surface area (TPSA) is 51.4 Å². The Morgan fingerprint density at radius 2 is 2.06 bits per heavy atom. The lowest BCUT2D eigenvalue weighted by molar-refractivity contribution is 0.100. The smallest absolute Gasteiger partial charge is 0.317 e. The molecular formula is C13H13BrN2O2. The number of nitroso groups, excluding NO2 is 1. The van der Waals surface area contributed by atoms with E-state index in [0.29, 0.717) is 5.56 Å². The standard InChI is InChI=1S/C13H13BrN2O2/c1-7(2)16-6-8(3)12-10(13(17)15-18)4-9(14)5-11(12)16/h4-7H,1-3H3. The number of carbonyl (C=O) groups excluding carboxylic acids is 1. The fourth-order valence-corrected chi connectivity index (χ4v) is 2.64. The molecule has 0 aliphatic carbocycles. The molecule has 2 rings (SSSR count). The highest BCUT2D eigenvalue weighted by atomic mass is 79.9. The molecule has 0 aliphatic heterocycles. The van der Waals surface area contributed by atoms with Gasteiger partial charge in [-0.3, -0.25) is 4.79 Å². The van der Waals surface area contributed by atoms with E-state index >= 15 is 0 Å². The van der Waals surface area contributed by atoms with Gasteiger partial charge in [0.1, 0.15) is 0 Å². The summed E-state index contributed by atoms with van der Waals surface area (Å²) < 4.78 is 2.85. The summed E-state index contributed by atoms with van der Waals surface area (Å²) in [6.07, 6.45) is 1.99. The molecule has 1 aromatic carbocycles. The van der Waals surface area contributed by atoms with Gasteiger partial charge in [-0.1, -0.05) is 15.9 Å². The molecule has 0 spiro atoms. The molecule has 0 atom stereocenters. The third-order valence-electron chi connectivity index (χ3n) is 2.96. The number of aryl methyl sites for hydroxylation is 1. The van der Waals surface area contributed by atoms with Crippen molar-refractivity contribution >= 4 is 32.7 Å². The van der Waals surface area contributed by atoms with Crippen LogP contribution in [0.5, 0.6) is 0 Å². The molecule has 0 fully saturated rings. The van der Waals surface area contributed by atoms with Crippen LogP contribution in [0.2, 0.25) is 0 Å². The minimum atomic E-state index is -0.731. The van der Waals surface area contributed by atoms with E-state index in [4.69, 9.17) is 0 Å². The second kappa shape index (κ2) is 4.65. The number of amides is 1. The van der Waals surface area contributed by atoms with Crippen molar-refractivity contribution in [1.29, 1.82) is 0 Å². The number of benzene rings is 1. The van der Waals surface area contributed by atoms with E-state index in [2.05, 4.69) is 39.5 Å². The summed E-state index contributed by atoms with van der Waals surface area (Å²) in [7, 11) is 0. The first kappa shape index (κ1) is 13.0. The number of halogens is 1. The first-order valence-electron chi connectivity index (χ1n) is 5.64. The lowest BCUT2D eigenvalue weighted by atomic mass is 10.1. The van der Waals surface area contributed by atoms with E-state index in [9.17, 15) is 9.70 Å². The number of rotatable bonds is 2. The zero-order valence-electron chi connectivity index (χ0n) is 10.4. The summed E-state index contributed by atoms with van der Waals surface area (Å²) >= 11 is 3.36. The largest absolute Gasteiger partial charge is 0.345 e. The van der Waals surface area contributed by atoms with Crippen molar-refractivity contribution in [2.75, 3.05) is 0 Å². The fourth-order valence-electron chi connectivity index (χ4n) is 2.20. The SMILES string of the molecule is Cc1cn(C(C)C)c2cc(Br)cc(C(=O)N=O)c12. The van der Waals surface area contributed by atoms with Crippen molar-refractivity contribution in [2.45, 2.75) is 26.8 Å². The van der Waals surface area contributed by atoms with Crippen molar-refractivity contribution < 1.29 is 4.79 Å². The number of hydrogen-bond donors (Lipinski definition) is 0. The third kappa shape index (κ3) is 1.99. The average molecular weight is 309 g/mol. The lowest BCUT2D eigenvalue weighted by Crippen LogP contribution is -2.00. The van der Waals surface area contributed by atoms with Gasteiger partial charge in [0.2, 0.25) is 0 Å². The van der Waals surface area contributed by atoms with Gasteiger partial charge in [-0.2, -0.15) is 0 Å². The van der Waals surface area contributed by atoms with Gasteiger partial charge in [0.15, 0.2) is 0 Å². The molecule has 1 heterocycles. The third-order valence-corrected chi connectivity index (χ3v) is 3.42. The molecule has 2 aromatic rings. The second-order valence-corrected chi connectivity index (χ2v) is 5.47. The van der Waals surface area contributed by atoms with Crippen LogP contribution in [-0.2, 0) is 0 Å². The Morgan fingerprint density at radius 3 is 2.61 bits per heavy atom. The zero-order chi connectivity index (χ0) is 13.4. The summed E-state index contributed by atoms with van der Waals surface area (Å²) in [6, 6.07) is 3.87. The van der Waals surface area contributed by atoms with Gasteiger partial charge >= 0.3 is 5.91 Å². The molecule has 18 heavy (non-hydrogen) atoms. The van der Waals surface area contributed by atoms with Gasteiger partial charge < -0.3 is 4.57 Å². The minimum absolute atomic E-state index is 0.280. The first-order valence-corrected chi connectivity index (χ1v) is 6.43. The Kier molecular flexibility index (Phi) is 3.34. The van der Waals surface area contributed by atoms with Crippen LogP contribution in [0.3, 0.4) is 0 Å². The summed E-state index contributed by atoms with van der Waals surface area (Å²) in [5.41, 5.74) is 2.26. The van der Waals surface area contributed by atoms with E-state index in [-0.39, 0.29) is 6.04 Å². The molecule has 0 unspecified atom stereocenters. The predicted octanol–water partition coefficient (Wildman–Crippen LogP) is 4.20. The van der Waals surface area contributed by atoms with Crippen LogP contribution in [0.25, 0.3) is 10.9 Å².